The molecule has 0 saturated carbocycles. The molecule has 4 rings (SSSR count). The van der Waals surface area contributed by atoms with Crippen LogP contribution in [0.4, 0.5) is 8.78 Å². The van der Waals surface area contributed by atoms with E-state index in [0.29, 0.717) is 19.2 Å². The average molecular weight is 402 g/mol. The van der Waals surface area contributed by atoms with E-state index < -0.39 is 26.6 Å². The second-order valence-electron chi connectivity index (χ2n) is 6.89. The molecule has 0 amide bonds. The van der Waals surface area contributed by atoms with Crippen LogP contribution in [0, 0.1) is 11.6 Å². The molecule has 0 bridgehead atoms. The Morgan fingerprint density at radius 3 is 2.32 bits per heavy atom. The van der Waals surface area contributed by atoms with E-state index in [1.807, 2.05) is 18.2 Å². The summed E-state index contributed by atoms with van der Waals surface area (Å²) in [6.45, 7) is 2.35. The van der Waals surface area contributed by atoms with Gasteiger partial charge in [-0.2, -0.15) is 4.31 Å². The van der Waals surface area contributed by atoms with Gasteiger partial charge in [-0.15, -0.1) is 0 Å². The highest BCUT2D eigenvalue weighted by molar-refractivity contribution is 7.89. The van der Waals surface area contributed by atoms with E-state index in [-0.39, 0.29) is 13.1 Å². The maximum atomic E-state index is 14.0. The first kappa shape index (κ1) is 19.0. The van der Waals surface area contributed by atoms with Crippen molar-refractivity contribution in [3.63, 3.8) is 0 Å². The van der Waals surface area contributed by atoms with Gasteiger partial charge in [0.15, 0.2) is 0 Å². The van der Waals surface area contributed by atoms with Crippen LogP contribution in [0.15, 0.2) is 65.6 Å². The van der Waals surface area contributed by atoms with Crippen LogP contribution >= 0.6 is 0 Å². The summed E-state index contributed by atoms with van der Waals surface area (Å²) < 4.78 is 53.7. The van der Waals surface area contributed by atoms with E-state index in [9.17, 15) is 17.2 Å². The molecule has 1 aliphatic rings. The molecule has 7 heteroatoms. The van der Waals surface area contributed by atoms with Crippen molar-refractivity contribution in [3.05, 3.63) is 77.9 Å². The van der Waals surface area contributed by atoms with Gasteiger partial charge in [0.1, 0.15) is 16.5 Å². The van der Waals surface area contributed by atoms with E-state index in [1.165, 1.54) is 20.6 Å². The van der Waals surface area contributed by atoms with Crippen molar-refractivity contribution in [2.24, 2.45) is 0 Å². The molecule has 1 aliphatic heterocycles. The first-order valence-corrected chi connectivity index (χ1v) is 10.5. The summed E-state index contributed by atoms with van der Waals surface area (Å²) >= 11 is 0. The van der Waals surface area contributed by atoms with Crippen molar-refractivity contribution in [3.8, 4) is 0 Å². The lowest BCUT2D eigenvalue weighted by molar-refractivity contribution is 0.182. The van der Waals surface area contributed by atoms with Gasteiger partial charge in [-0.3, -0.25) is 4.90 Å². The fraction of sp³-hybridized carbons (Fsp3) is 0.238. The van der Waals surface area contributed by atoms with Gasteiger partial charge in [0.25, 0.3) is 0 Å². The van der Waals surface area contributed by atoms with Gasteiger partial charge < -0.3 is 0 Å². The zero-order valence-corrected chi connectivity index (χ0v) is 16.0. The molecule has 1 saturated heterocycles. The van der Waals surface area contributed by atoms with Crippen molar-refractivity contribution in [1.82, 2.24) is 9.21 Å². The van der Waals surface area contributed by atoms with Gasteiger partial charge in [0.2, 0.25) is 10.0 Å². The molecule has 0 unspecified atom stereocenters. The number of piperazine rings is 1. The number of nitrogens with zero attached hydrogens (tertiary/aromatic N) is 2. The smallest absolute Gasteiger partial charge is 0.246 e. The molecule has 0 N–H and O–H groups in total. The third kappa shape index (κ3) is 3.65. The summed E-state index contributed by atoms with van der Waals surface area (Å²) in [4.78, 5) is 1.71. The SMILES string of the molecule is O=S(=O)(c1ccc(F)cc1F)N1CCN(Cc2cccc3ccccc23)CC1. The molecule has 0 atom stereocenters. The topological polar surface area (TPSA) is 40.6 Å². The fourth-order valence-electron chi connectivity index (χ4n) is 3.62. The Kier molecular flexibility index (Phi) is 5.14. The molecule has 3 aromatic rings. The third-order valence-corrected chi connectivity index (χ3v) is 7.05. The predicted octanol–water partition coefficient (Wildman–Crippen LogP) is 3.62. The summed E-state index contributed by atoms with van der Waals surface area (Å²) in [5, 5.41) is 2.36. The number of benzene rings is 3. The molecule has 0 radical (unpaired) electrons. The monoisotopic (exact) mass is 402 g/mol. The molecule has 0 aromatic heterocycles. The maximum absolute atomic E-state index is 14.0. The molecule has 1 heterocycles. The minimum atomic E-state index is -3.98. The summed E-state index contributed by atoms with van der Waals surface area (Å²) in [6, 6.07) is 16.9. The highest BCUT2D eigenvalue weighted by Gasteiger charge is 2.30. The van der Waals surface area contributed by atoms with E-state index in [0.717, 1.165) is 18.7 Å². The number of hydrogen-bond donors (Lipinski definition) is 0. The van der Waals surface area contributed by atoms with Gasteiger partial charge in [-0.25, -0.2) is 17.2 Å². The van der Waals surface area contributed by atoms with Crippen molar-refractivity contribution >= 4 is 20.8 Å². The van der Waals surface area contributed by atoms with Crippen LogP contribution in [-0.2, 0) is 16.6 Å². The Bertz CT molecular complexity index is 1110. The molecular weight excluding hydrogens is 382 g/mol. The van der Waals surface area contributed by atoms with Crippen LogP contribution in [-0.4, -0.2) is 43.8 Å². The number of fused-ring (bicyclic) bond motifs is 1. The van der Waals surface area contributed by atoms with Crippen molar-refractivity contribution in [2.75, 3.05) is 26.2 Å². The number of sulfonamides is 1. The van der Waals surface area contributed by atoms with Crippen molar-refractivity contribution < 1.29 is 17.2 Å². The van der Waals surface area contributed by atoms with Gasteiger partial charge in [-0.05, 0) is 28.5 Å². The van der Waals surface area contributed by atoms with Crippen LogP contribution in [0.1, 0.15) is 5.56 Å². The van der Waals surface area contributed by atoms with Gasteiger partial charge in [-0.1, -0.05) is 42.5 Å². The van der Waals surface area contributed by atoms with E-state index in [4.69, 9.17) is 0 Å². The standard InChI is InChI=1S/C21H20F2N2O2S/c22-18-8-9-21(20(23)14-18)28(26,27)25-12-10-24(11-13-25)15-17-6-3-5-16-4-1-2-7-19(16)17/h1-9,14H,10-13,15H2. The highest BCUT2D eigenvalue weighted by atomic mass is 32.2. The number of hydrogen-bond acceptors (Lipinski definition) is 3. The maximum Gasteiger partial charge on any atom is 0.246 e. The summed E-state index contributed by atoms with van der Waals surface area (Å²) in [5.74, 6) is -1.85. The second-order valence-corrected chi connectivity index (χ2v) is 8.80. The highest BCUT2D eigenvalue weighted by Crippen LogP contribution is 2.23. The zero-order chi connectivity index (χ0) is 19.7. The fourth-order valence-corrected chi connectivity index (χ4v) is 5.09. The first-order chi connectivity index (χ1) is 13.4. The molecule has 4 nitrogen and oxygen atoms in total. The van der Waals surface area contributed by atoms with Crippen LogP contribution < -0.4 is 0 Å². The van der Waals surface area contributed by atoms with E-state index >= 15 is 0 Å². The van der Waals surface area contributed by atoms with E-state index in [1.54, 1.807) is 0 Å². The molecule has 28 heavy (non-hydrogen) atoms. The number of halogens is 2. The Morgan fingerprint density at radius 2 is 1.57 bits per heavy atom. The summed E-state index contributed by atoms with van der Waals surface area (Å²) in [5.41, 5.74) is 1.19. The van der Waals surface area contributed by atoms with Gasteiger partial charge >= 0.3 is 0 Å². The molecule has 1 fully saturated rings. The molecule has 146 valence electrons. The Hall–Kier alpha value is -2.35. The Morgan fingerprint density at radius 1 is 0.857 bits per heavy atom. The van der Waals surface area contributed by atoms with Crippen LogP contribution in [0.25, 0.3) is 10.8 Å². The third-order valence-electron chi connectivity index (χ3n) is 5.12. The van der Waals surface area contributed by atoms with E-state index in [2.05, 4.69) is 29.2 Å². The van der Waals surface area contributed by atoms with Crippen LogP contribution in [0.3, 0.4) is 0 Å². The summed E-state index contributed by atoms with van der Waals surface area (Å²) in [6.07, 6.45) is 0. The lowest BCUT2D eigenvalue weighted by Crippen LogP contribution is -2.48. The predicted molar refractivity (Wildman–Crippen MR) is 104 cm³/mol. The largest absolute Gasteiger partial charge is 0.296 e. The second kappa shape index (κ2) is 7.58. The lowest BCUT2D eigenvalue weighted by Gasteiger charge is -2.34. The first-order valence-electron chi connectivity index (χ1n) is 9.09. The van der Waals surface area contributed by atoms with Crippen LogP contribution in [0.5, 0.6) is 0 Å². The lowest BCUT2D eigenvalue weighted by atomic mass is 10.0. The van der Waals surface area contributed by atoms with Gasteiger partial charge in [0, 0.05) is 38.8 Å². The molecule has 0 aliphatic carbocycles. The Labute approximate surface area is 163 Å². The Balaban J connectivity index is 1.47. The van der Waals surface area contributed by atoms with Crippen molar-refractivity contribution in [1.29, 1.82) is 0 Å². The minimum Gasteiger partial charge on any atom is -0.296 e. The summed E-state index contributed by atoms with van der Waals surface area (Å²) in [7, 11) is -3.98. The quantitative estimate of drug-likeness (QED) is 0.669. The van der Waals surface area contributed by atoms with Crippen LogP contribution in [0.2, 0.25) is 0 Å². The zero-order valence-electron chi connectivity index (χ0n) is 15.2. The van der Waals surface area contributed by atoms with Gasteiger partial charge in [0.05, 0.1) is 0 Å². The number of rotatable bonds is 4. The molecule has 3 aromatic carbocycles. The minimum absolute atomic E-state index is 0.268. The average Bonchev–Trinajstić information content (AvgIpc) is 2.68. The molecule has 0 spiro atoms. The normalized spacial score (nSPS) is 16.5. The molecular formula is C21H20F2N2O2S. The van der Waals surface area contributed by atoms with Crippen molar-refractivity contribution in [2.45, 2.75) is 11.4 Å².